The summed E-state index contributed by atoms with van der Waals surface area (Å²) in [7, 11) is 0. The fraction of sp³-hybridized carbons (Fsp3) is 0.500. The van der Waals surface area contributed by atoms with Crippen molar-refractivity contribution in [2.24, 2.45) is 0 Å². The third kappa shape index (κ3) is 2.55. The second-order valence-corrected chi connectivity index (χ2v) is 7.37. The molecule has 1 aliphatic rings. The highest BCUT2D eigenvalue weighted by atomic mass is 32.1. The molecule has 0 aliphatic carbocycles. The van der Waals surface area contributed by atoms with Gasteiger partial charge in [0, 0.05) is 23.9 Å². The standard InChI is InChI=1S/C20H26N4OS/c1-4-13-8-7-9-14-15-10-11-25-20(5-2,18(15)21-17(13)14)12-16-22-23-19(26)24(16)6-3/h7-9,21H,4-6,10-12H2,1-3H3,(H,23,26). The number of H-pyrrole nitrogens is 2. The number of hydrogen-bond donors (Lipinski definition) is 2. The largest absolute Gasteiger partial charge is 0.368 e. The highest BCUT2D eigenvalue weighted by molar-refractivity contribution is 7.71. The van der Waals surface area contributed by atoms with Crippen LogP contribution >= 0.6 is 12.2 Å². The lowest BCUT2D eigenvalue weighted by molar-refractivity contribution is -0.0674. The van der Waals surface area contributed by atoms with Gasteiger partial charge in [0.15, 0.2) is 4.77 Å². The van der Waals surface area contributed by atoms with E-state index < -0.39 is 0 Å². The average Bonchev–Trinajstić information content (AvgIpc) is 3.22. The molecule has 0 fully saturated rings. The number of hydrogen-bond acceptors (Lipinski definition) is 3. The van der Waals surface area contributed by atoms with Crippen LogP contribution in [0.2, 0.25) is 0 Å². The highest BCUT2D eigenvalue weighted by Gasteiger charge is 2.40. The van der Waals surface area contributed by atoms with E-state index in [0.29, 0.717) is 11.2 Å². The minimum Gasteiger partial charge on any atom is -0.368 e. The quantitative estimate of drug-likeness (QED) is 0.654. The van der Waals surface area contributed by atoms with Crippen molar-refractivity contribution < 1.29 is 4.74 Å². The second kappa shape index (κ2) is 6.67. The maximum atomic E-state index is 6.42. The Balaban J connectivity index is 1.88. The molecule has 3 aromatic rings. The minimum atomic E-state index is -0.383. The van der Waals surface area contributed by atoms with Gasteiger partial charge >= 0.3 is 0 Å². The molecule has 1 unspecified atom stereocenters. The van der Waals surface area contributed by atoms with E-state index in [1.54, 1.807) is 0 Å². The van der Waals surface area contributed by atoms with Crippen LogP contribution in [0.4, 0.5) is 0 Å². The molecule has 1 aliphatic heterocycles. The molecule has 138 valence electrons. The molecule has 1 atom stereocenters. The first-order chi connectivity index (χ1) is 12.6. The molecule has 0 spiro atoms. The Hall–Kier alpha value is -1.92. The summed E-state index contributed by atoms with van der Waals surface area (Å²) in [6.07, 6.45) is 3.57. The number of benzene rings is 1. The first-order valence-corrected chi connectivity index (χ1v) is 9.95. The van der Waals surface area contributed by atoms with Gasteiger partial charge in [-0.3, -0.25) is 5.10 Å². The smallest absolute Gasteiger partial charge is 0.195 e. The maximum Gasteiger partial charge on any atom is 0.195 e. The number of aryl methyl sites for hydroxylation is 1. The van der Waals surface area contributed by atoms with Crippen molar-refractivity contribution in [2.45, 2.75) is 58.6 Å². The van der Waals surface area contributed by atoms with E-state index in [1.807, 2.05) is 0 Å². The predicted molar refractivity (Wildman–Crippen MR) is 106 cm³/mol. The van der Waals surface area contributed by atoms with Crippen LogP contribution in [-0.4, -0.2) is 26.4 Å². The zero-order valence-electron chi connectivity index (χ0n) is 15.7. The Morgan fingerprint density at radius 2 is 2.15 bits per heavy atom. The van der Waals surface area contributed by atoms with Crippen LogP contribution in [0.25, 0.3) is 10.9 Å². The zero-order chi connectivity index (χ0) is 18.3. The van der Waals surface area contributed by atoms with E-state index in [4.69, 9.17) is 17.0 Å². The molecule has 26 heavy (non-hydrogen) atoms. The average molecular weight is 371 g/mol. The van der Waals surface area contributed by atoms with Gasteiger partial charge in [-0.2, -0.15) is 5.10 Å². The van der Waals surface area contributed by atoms with Gasteiger partial charge in [0.05, 0.1) is 12.3 Å². The van der Waals surface area contributed by atoms with E-state index in [0.717, 1.165) is 38.2 Å². The molecule has 0 amide bonds. The molecule has 2 aromatic heterocycles. The minimum absolute atomic E-state index is 0.383. The third-order valence-electron chi connectivity index (χ3n) is 5.76. The van der Waals surface area contributed by atoms with Crippen LogP contribution in [0, 0.1) is 4.77 Å². The third-order valence-corrected chi connectivity index (χ3v) is 6.07. The van der Waals surface area contributed by atoms with Crippen molar-refractivity contribution in [1.29, 1.82) is 0 Å². The van der Waals surface area contributed by atoms with Gasteiger partial charge in [-0.05, 0) is 49.5 Å². The molecule has 1 aromatic carbocycles. The predicted octanol–water partition coefficient (Wildman–Crippen LogP) is 4.42. The van der Waals surface area contributed by atoms with Crippen LogP contribution in [-0.2, 0) is 36.1 Å². The summed E-state index contributed by atoms with van der Waals surface area (Å²) in [6.45, 7) is 8.04. The number of rotatable bonds is 5. The first kappa shape index (κ1) is 17.5. The lowest BCUT2D eigenvalue weighted by atomic mass is 9.86. The molecule has 4 rings (SSSR count). The number of aromatic amines is 2. The van der Waals surface area contributed by atoms with Crippen molar-refractivity contribution in [3.8, 4) is 0 Å². The molecule has 2 N–H and O–H groups in total. The molecule has 6 heteroatoms. The summed E-state index contributed by atoms with van der Waals surface area (Å²) in [4.78, 5) is 3.74. The zero-order valence-corrected chi connectivity index (χ0v) is 16.5. The van der Waals surface area contributed by atoms with Gasteiger partial charge in [0.1, 0.15) is 11.4 Å². The monoisotopic (exact) mass is 370 g/mol. The van der Waals surface area contributed by atoms with E-state index >= 15 is 0 Å². The summed E-state index contributed by atoms with van der Waals surface area (Å²) in [5.41, 5.74) is 4.86. The van der Waals surface area contributed by atoms with Crippen LogP contribution in [0.3, 0.4) is 0 Å². The van der Waals surface area contributed by atoms with Crippen molar-refractivity contribution in [1.82, 2.24) is 19.7 Å². The van der Waals surface area contributed by atoms with Crippen molar-refractivity contribution in [2.75, 3.05) is 6.61 Å². The van der Waals surface area contributed by atoms with Crippen molar-refractivity contribution >= 4 is 23.1 Å². The summed E-state index contributed by atoms with van der Waals surface area (Å²) in [6, 6.07) is 6.61. The van der Waals surface area contributed by atoms with Crippen LogP contribution in [0.5, 0.6) is 0 Å². The van der Waals surface area contributed by atoms with E-state index in [1.165, 1.54) is 27.7 Å². The van der Waals surface area contributed by atoms with E-state index in [9.17, 15) is 0 Å². The van der Waals surface area contributed by atoms with Crippen LogP contribution in [0.15, 0.2) is 18.2 Å². The number of nitrogens with zero attached hydrogens (tertiary/aromatic N) is 2. The van der Waals surface area contributed by atoms with Crippen LogP contribution < -0.4 is 0 Å². The lowest BCUT2D eigenvalue weighted by Gasteiger charge is -2.36. The fourth-order valence-corrected chi connectivity index (χ4v) is 4.59. The number of aromatic nitrogens is 4. The number of para-hydroxylation sites is 1. The Morgan fingerprint density at radius 1 is 1.31 bits per heavy atom. The van der Waals surface area contributed by atoms with Gasteiger partial charge in [-0.1, -0.05) is 32.0 Å². The maximum absolute atomic E-state index is 6.42. The molecular formula is C20H26N4OS. The molecule has 0 saturated heterocycles. The lowest BCUT2D eigenvalue weighted by Crippen LogP contribution is -2.38. The molecule has 5 nitrogen and oxygen atoms in total. The summed E-state index contributed by atoms with van der Waals surface area (Å²) < 4.78 is 9.16. The summed E-state index contributed by atoms with van der Waals surface area (Å²) in [5.74, 6) is 0.960. The molecule has 0 bridgehead atoms. The highest BCUT2D eigenvalue weighted by Crippen LogP contribution is 2.41. The Bertz CT molecular complexity index is 999. The van der Waals surface area contributed by atoms with Gasteiger partial charge in [-0.25, -0.2) is 0 Å². The fourth-order valence-electron chi connectivity index (χ4n) is 4.31. The van der Waals surface area contributed by atoms with E-state index in [2.05, 4.69) is 58.7 Å². The first-order valence-electron chi connectivity index (χ1n) is 9.54. The molecular weight excluding hydrogens is 344 g/mol. The van der Waals surface area contributed by atoms with Gasteiger partial charge in [-0.15, -0.1) is 0 Å². The Labute approximate surface area is 158 Å². The van der Waals surface area contributed by atoms with Crippen molar-refractivity contribution in [3.63, 3.8) is 0 Å². The number of fused-ring (bicyclic) bond motifs is 3. The normalized spacial score (nSPS) is 19.8. The summed E-state index contributed by atoms with van der Waals surface area (Å²) >= 11 is 5.37. The Kier molecular flexibility index (Phi) is 4.49. The van der Waals surface area contributed by atoms with Gasteiger partial charge in [0.25, 0.3) is 0 Å². The number of ether oxygens (including phenoxy) is 1. The summed E-state index contributed by atoms with van der Waals surface area (Å²) in [5, 5.41) is 8.77. The number of nitrogens with one attached hydrogen (secondary N) is 2. The molecule has 0 saturated carbocycles. The van der Waals surface area contributed by atoms with Gasteiger partial charge in [0.2, 0.25) is 0 Å². The van der Waals surface area contributed by atoms with E-state index in [-0.39, 0.29) is 5.60 Å². The van der Waals surface area contributed by atoms with Gasteiger partial charge < -0.3 is 14.3 Å². The topological polar surface area (TPSA) is 58.6 Å². The van der Waals surface area contributed by atoms with Crippen molar-refractivity contribution in [3.05, 3.63) is 45.6 Å². The SMILES string of the molecule is CCc1cccc2c3c([nH]c12)C(CC)(Cc1n[nH]c(=S)n1CC)OCC3. The Morgan fingerprint density at radius 3 is 2.88 bits per heavy atom. The second-order valence-electron chi connectivity index (χ2n) is 6.98. The molecule has 3 heterocycles. The molecule has 0 radical (unpaired) electrons. The van der Waals surface area contributed by atoms with Crippen LogP contribution in [0.1, 0.15) is 49.8 Å².